The van der Waals surface area contributed by atoms with Crippen LogP contribution in [0.1, 0.15) is 29.8 Å². The zero-order valence-corrected chi connectivity index (χ0v) is 12.7. The molecule has 0 spiro atoms. The molecule has 0 aliphatic carbocycles. The molecule has 0 aliphatic rings. The van der Waals surface area contributed by atoms with Crippen LogP contribution in [0, 0.1) is 5.82 Å². The van der Waals surface area contributed by atoms with Crippen LogP contribution in [0.2, 0.25) is 0 Å². The van der Waals surface area contributed by atoms with Crippen molar-refractivity contribution in [2.75, 3.05) is 7.05 Å². The second-order valence-electron chi connectivity index (χ2n) is 5.08. The standard InChI is InChI=1S/C16H21FN2S/c1-3-14(18)16(15-8-5-9-20-15)19(2)11-12-6-4-7-13(17)10-12/h4-10,14,16H,3,11,18H2,1-2H3. The second-order valence-corrected chi connectivity index (χ2v) is 6.06. The molecule has 0 radical (unpaired) electrons. The number of nitrogens with zero attached hydrogens (tertiary/aromatic N) is 1. The maximum Gasteiger partial charge on any atom is 0.123 e. The number of thiophene rings is 1. The Labute approximate surface area is 124 Å². The van der Waals surface area contributed by atoms with Crippen molar-refractivity contribution in [3.63, 3.8) is 0 Å². The molecule has 2 N–H and O–H groups in total. The number of benzene rings is 1. The van der Waals surface area contributed by atoms with E-state index in [-0.39, 0.29) is 17.9 Å². The van der Waals surface area contributed by atoms with Gasteiger partial charge in [-0.3, -0.25) is 4.90 Å². The highest BCUT2D eigenvalue weighted by Gasteiger charge is 2.24. The van der Waals surface area contributed by atoms with Gasteiger partial charge in [0.15, 0.2) is 0 Å². The number of halogens is 1. The van der Waals surface area contributed by atoms with E-state index < -0.39 is 0 Å². The first kappa shape index (κ1) is 15.2. The van der Waals surface area contributed by atoms with E-state index in [4.69, 9.17) is 5.73 Å². The Kier molecular flexibility index (Phi) is 5.29. The van der Waals surface area contributed by atoms with Crippen LogP contribution >= 0.6 is 11.3 Å². The zero-order valence-electron chi connectivity index (χ0n) is 11.9. The number of hydrogen-bond donors (Lipinski definition) is 1. The highest BCUT2D eigenvalue weighted by Crippen LogP contribution is 2.29. The second kappa shape index (κ2) is 6.97. The molecule has 2 nitrogen and oxygen atoms in total. The van der Waals surface area contributed by atoms with Gasteiger partial charge in [0, 0.05) is 17.5 Å². The first-order valence-corrected chi connectivity index (χ1v) is 7.73. The summed E-state index contributed by atoms with van der Waals surface area (Å²) in [6.07, 6.45) is 0.913. The average molecular weight is 292 g/mol. The molecule has 2 atom stereocenters. The molecule has 1 heterocycles. The Bertz CT molecular complexity index is 527. The molecule has 2 rings (SSSR count). The zero-order chi connectivity index (χ0) is 14.5. The van der Waals surface area contributed by atoms with Gasteiger partial charge in [-0.1, -0.05) is 25.1 Å². The molecule has 1 aromatic heterocycles. The summed E-state index contributed by atoms with van der Waals surface area (Å²) in [7, 11) is 2.05. The molecule has 0 aliphatic heterocycles. The van der Waals surface area contributed by atoms with E-state index in [1.165, 1.54) is 10.9 Å². The summed E-state index contributed by atoms with van der Waals surface area (Å²) < 4.78 is 13.3. The average Bonchev–Trinajstić information content (AvgIpc) is 2.92. The van der Waals surface area contributed by atoms with Gasteiger partial charge in [0.05, 0.1) is 6.04 Å². The molecule has 0 saturated carbocycles. The minimum Gasteiger partial charge on any atom is -0.326 e. The van der Waals surface area contributed by atoms with E-state index in [0.29, 0.717) is 6.54 Å². The summed E-state index contributed by atoms with van der Waals surface area (Å²) in [5, 5.41) is 2.07. The quantitative estimate of drug-likeness (QED) is 0.877. The third kappa shape index (κ3) is 3.66. The largest absolute Gasteiger partial charge is 0.326 e. The molecule has 2 unspecified atom stereocenters. The van der Waals surface area contributed by atoms with Crippen molar-refractivity contribution in [3.8, 4) is 0 Å². The van der Waals surface area contributed by atoms with Crippen molar-refractivity contribution < 1.29 is 4.39 Å². The maximum absolute atomic E-state index is 13.3. The highest BCUT2D eigenvalue weighted by atomic mass is 32.1. The molecular formula is C16H21FN2S. The predicted molar refractivity (Wildman–Crippen MR) is 83.2 cm³/mol. The molecule has 108 valence electrons. The number of hydrogen-bond acceptors (Lipinski definition) is 3. The SMILES string of the molecule is CCC(N)C(c1cccs1)N(C)Cc1cccc(F)c1. The van der Waals surface area contributed by atoms with E-state index >= 15 is 0 Å². The highest BCUT2D eigenvalue weighted by molar-refractivity contribution is 7.10. The molecule has 1 aromatic carbocycles. The van der Waals surface area contributed by atoms with Gasteiger partial charge in [0.2, 0.25) is 0 Å². The lowest BCUT2D eigenvalue weighted by Gasteiger charge is -2.31. The number of rotatable bonds is 6. The minimum absolute atomic E-state index is 0.0761. The van der Waals surface area contributed by atoms with Crippen molar-refractivity contribution in [3.05, 3.63) is 58.0 Å². The van der Waals surface area contributed by atoms with Gasteiger partial charge in [-0.05, 0) is 42.6 Å². The minimum atomic E-state index is -0.191. The third-order valence-electron chi connectivity index (χ3n) is 3.51. The van der Waals surface area contributed by atoms with Crippen LogP contribution in [0.5, 0.6) is 0 Å². The van der Waals surface area contributed by atoms with E-state index in [2.05, 4.69) is 23.3 Å². The van der Waals surface area contributed by atoms with Gasteiger partial charge in [-0.2, -0.15) is 0 Å². The molecule has 0 bridgehead atoms. The molecule has 0 saturated heterocycles. The summed E-state index contributed by atoms with van der Waals surface area (Å²) in [4.78, 5) is 3.47. The van der Waals surface area contributed by atoms with Crippen LogP contribution in [-0.4, -0.2) is 18.0 Å². The molecular weight excluding hydrogens is 271 g/mol. The van der Waals surface area contributed by atoms with Crippen LogP contribution in [0.25, 0.3) is 0 Å². The Morgan fingerprint density at radius 2 is 2.10 bits per heavy atom. The Morgan fingerprint density at radius 3 is 2.70 bits per heavy atom. The van der Waals surface area contributed by atoms with Crippen LogP contribution in [0.15, 0.2) is 41.8 Å². The Balaban J connectivity index is 2.17. The van der Waals surface area contributed by atoms with Gasteiger partial charge in [0.25, 0.3) is 0 Å². The lowest BCUT2D eigenvalue weighted by molar-refractivity contribution is 0.205. The summed E-state index contributed by atoms with van der Waals surface area (Å²) in [6.45, 7) is 2.79. The summed E-state index contributed by atoms with van der Waals surface area (Å²) in [5.41, 5.74) is 7.25. The van der Waals surface area contributed by atoms with E-state index in [1.807, 2.05) is 19.2 Å². The monoisotopic (exact) mass is 292 g/mol. The Hall–Kier alpha value is -1.23. The predicted octanol–water partition coefficient (Wildman–Crippen LogP) is 3.80. The van der Waals surface area contributed by atoms with Crippen LogP contribution < -0.4 is 5.73 Å². The smallest absolute Gasteiger partial charge is 0.123 e. The van der Waals surface area contributed by atoms with E-state index in [9.17, 15) is 4.39 Å². The summed E-state index contributed by atoms with van der Waals surface area (Å²) in [5.74, 6) is -0.191. The third-order valence-corrected chi connectivity index (χ3v) is 4.45. The summed E-state index contributed by atoms with van der Waals surface area (Å²) in [6, 6.07) is 11.2. The van der Waals surface area contributed by atoms with Crippen LogP contribution in [0.4, 0.5) is 4.39 Å². The number of likely N-dealkylation sites (N-methyl/N-ethyl adjacent to an activating group) is 1. The van der Waals surface area contributed by atoms with Crippen LogP contribution in [0.3, 0.4) is 0 Å². The van der Waals surface area contributed by atoms with Crippen molar-refractivity contribution in [1.29, 1.82) is 0 Å². The normalized spacial score (nSPS) is 14.4. The summed E-state index contributed by atoms with van der Waals surface area (Å²) >= 11 is 1.72. The molecule has 20 heavy (non-hydrogen) atoms. The molecule has 0 fully saturated rings. The molecule has 2 aromatic rings. The van der Waals surface area contributed by atoms with Gasteiger partial charge < -0.3 is 5.73 Å². The fourth-order valence-electron chi connectivity index (χ4n) is 2.46. The number of nitrogens with two attached hydrogens (primary N) is 1. The van der Waals surface area contributed by atoms with Gasteiger partial charge >= 0.3 is 0 Å². The van der Waals surface area contributed by atoms with E-state index in [1.54, 1.807) is 23.5 Å². The van der Waals surface area contributed by atoms with Gasteiger partial charge in [0.1, 0.15) is 5.82 Å². The van der Waals surface area contributed by atoms with Crippen molar-refractivity contribution >= 4 is 11.3 Å². The lowest BCUT2D eigenvalue weighted by Crippen LogP contribution is -2.38. The first-order chi connectivity index (χ1) is 9.61. The Morgan fingerprint density at radius 1 is 1.30 bits per heavy atom. The molecule has 0 amide bonds. The fourth-order valence-corrected chi connectivity index (χ4v) is 3.43. The van der Waals surface area contributed by atoms with Crippen molar-refractivity contribution in [2.24, 2.45) is 5.73 Å². The van der Waals surface area contributed by atoms with Gasteiger partial charge in [-0.15, -0.1) is 11.3 Å². The van der Waals surface area contributed by atoms with Crippen LogP contribution in [-0.2, 0) is 6.54 Å². The topological polar surface area (TPSA) is 29.3 Å². The van der Waals surface area contributed by atoms with Gasteiger partial charge in [-0.25, -0.2) is 4.39 Å². The lowest BCUT2D eigenvalue weighted by atomic mass is 10.0. The first-order valence-electron chi connectivity index (χ1n) is 6.85. The molecule has 4 heteroatoms. The van der Waals surface area contributed by atoms with E-state index in [0.717, 1.165) is 12.0 Å². The van der Waals surface area contributed by atoms with Crippen molar-refractivity contribution in [1.82, 2.24) is 4.90 Å². The maximum atomic E-state index is 13.3. The fraction of sp³-hybridized carbons (Fsp3) is 0.375. The van der Waals surface area contributed by atoms with Crippen molar-refractivity contribution in [2.45, 2.75) is 32.0 Å².